The second kappa shape index (κ2) is 5.14. The molecule has 0 aromatic carbocycles. The van der Waals surface area contributed by atoms with Crippen LogP contribution in [0.15, 0.2) is 18.2 Å². The third-order valence-electron chi connectivity index (χ3n) is 2.00. The van der Waals surface area contributed by atoms with Gasteiger partial charge in [0, 0.05) is 18.8 Å². The topological polar surface area (TPSA) is 48.3 Å². The summed E-state index contributed by atoms with van der Waals surface area (Å²) < 4.78 is 6.43. The number of carbonyl (C=O) groups excluding carboxylic acids is 2. The van der Waals surface area contributed by atoms with Gasteiger partial charge in [0.25, 0.3) is 0 Å². The van der Waals surface area contributed by atoms with Crippen molar-refractivity contribution in [2.45, 2.75) is 6.92 Å². The normalized spacial score (nSPS) is 10.5. The molecule has 1 heterocycles. The van der Waals surface area contributed by atoms with E-state index in [-0.39, 0.29) is 5.97 Å². The van der Waals surface area contributed by atoms with E-state index in [0.29, 0.717) is 12.3 Å². The summed E-state index contributed by atoms with van der Waals surface area (Å²) in [4.78, 5) is 21.6. The Hall–Kier alpha value is -1.84. The van der Waals surface area contributed by atoms with E-state index in [1.165, 1.54) is 6.08 Å². The van der Waals surface area contributed by atoms with Gasteiger partial charge in [0.2, 0.25) is 0 Å². The van der Waals surface area contributed by atoms with Crippen LogP contribution < -0.4 is 0 Å². The first kappa shape index (κ1) is 11.2. The maximum atomic E-state index is 11.0. The van der Waals surface area contributed by atoms with Crippen molar-refractivity contribution in [3.63, 3.8) is 0 Å². The van der Waals surface area contributed by atoms with Crippen molar-refractivity contribution in [1.82, 2.24) is 4.57 Å². The van der Waals surface area contributed by atoms with Crippen LogP contribution in [0, 0.1) is 0 Å². The van der Waals surface area contributed by atoms with Gasteiger partial charge in [0.05, 0.1) is 12.3 Å². The molecule has 4 nitrogen and oxygen atoms in total. The lowest BCUT2D eigenvalue weighted by Gasteiger charge is -1.99. The van der Waals surface area contributed by atoms with Gasteiger partial charge < -0.3 is 9.30 Å². The lowest BCUT2D eigenvalue weighted by atomic mass is 10.4. The summed E-state index contributed by atoms with van der Waals surface area (Å²) in [5.41, 5.74) is 1.35. The minimum Gasteiger partial charge on any atom is -0.463 e. The van der Waals surface area contributed by atoms with Gasteiger partial charge in [0.1, 0.15) is 0 Å². The van der Waals surface area contributed by atoms with Crippen molar-refractivity contribution >= 4 is 18.3 Å². The van der Waals surface area contributed by atoms with Crippen molar-refractivity contribution in [3.8, 4) is 0 Å². The van der Waals surface area contributed by atoms with E-state index in [4.69, 9.17) is 4.74 Å². The molecule has 1 rings (SSSR count). The number of ether oxygens (including phenoxy) is 1. The lowest BCUT2D eigenvalue weighted by molar-refractivity contribution is -0.137. The van der Waals surface area contributed by atoms with Gasteiger partial charge in [-0.2, -0.15) is 0 Å². The van der Waals surface area contributed by atoms with Gasteiger partial charge in [-0.15, -0.1) is 0 Å². The Morgan fingerprint density at radius 2 is 2.13 bits per heavy atom. The second-order valence-corrected chi connectivity index (χ2v) is 2.95. The molecule has 0 aliphatic heterocycles. The van der Waals surface area contributed by atoms with Crippen molar-refractivity contribution in [3.05, 3.63) is 29.6 Å². The van der Waals surface area contributed by atoms with Crippen LogP contribution in [0.25, 0.3) is 6.08 Å². The molecule has 0 saturated carbocycles. The summed E-state index contributed by atoms with van der Waals surface area (Å²) in [6.45, 7) is 2.11. The maximum Gasteiger partial charge on any atom is 0.330 e. The van der Waals surface area contributed by atoms with Gasteiger partial charge in [-0.3, -0.25) is 4.79 Å². The number of carbonyl (C=O) groups is 2. The highest BCUT2D eigenvalue weighted by molar-refractivity contribution is 5.87. The summed E-state index contributed by atoms with van der Waals surface area (Å²) in [7, 11) is 1.76. The Labute approximate surface area is 88.2 Å². The quantitative estimate of drug-likeness (QED) is 0.426. The number of aromatic nitrogens is 1. The summed E-state index contributed by atoms with van der Waals surface area (Å²) >= 11 is 0. The molecule has 1 aromatic rings. The third kappa shape index (κ3) is 2.80. The Balaban J connectivity index is 2.76. The van der Waals surface area contributed by atoms with Crippen molar-refractivity contribution in [1.29, 1.82) is 0 Å². The number of hydrogen-bond donors (Lipinski definition) is 0. The molecule has 0 N–H and O–H groups in total. The fourth-order valence-corrected chi connectivity index (χ4v) is 1.17. The molecule has 0 bridgehead atoms. The average Bonchev–Trinajstić information content (AvgIpc) is 2.57. The van der Waals surface area contributed by atoms with E-state index in [1.807, 2.05) is 0 Å². The molecule has 15 heavy (non-hydrogen) atoms. The monoisotopic (exact) mass is 207 g/mol. The van der Waals surface area contributed by atoms with Crippen molar-refractivity contribution in [2.24, 2.45) is 7.05 Å². The van der Waals surface area contributed by atoms with Crippen LogP contribution in [0.3, 0.4) is 0 Å². The molecule has 0 spiro atoms. The fraction of sp³-hybridized carbons (Fsp3) is 0.273. The van der Waals surface area contributed by atoms with Gasteiger partial charge >= 0.3 is 5.97 Å². The molecule has 0 aliphatic carbocycles. The lowest BCUT2D eigenvalue weighted by Crippen LogP contribution is -2.00. The first-order chi connectivity index (χ1) is 7.19. The Morgan fingerprint density at radius 1 is 1.47 bits per heavy atom. The zero-order chi connectivity index (χ0) is 11.3. The van der Waals surface area contributed by atoms with Crippen molar-refractivity contribution in [2.75, 3.05) is 6.61 Å². The van der Waals surface area contributed by atoms with Gasteiger partial charge in [-0.25, -0.2) is 4.79 Å². The maximum absolute atomic E-state index is 11.0. The largest absolute Gasteiger partial charge is 0.463 e. The molecular weight excluding hydrogens is 194 g/mol. The first-order valence-corrected chi connectivity index (χ1v) is 4.64. The zero-order valence-corrected chi connectivity index (χ0v) is 8.77. The summed E-state index contributed by atoms with van der Waals surface area (Å²) in [5.74, 6) is -0.383. The van der Waals surface area contributed by atoms with E-state index >= 15 is 0 Å². The SMILES string of the molecule is CCOC(=O)C=Cc1ccc(C=O)n1C. The Kier molecular flexibility index (Phi) is 3.85. The predicted molar refractivity (Wildman–Crippen MR) is 56.5 cm³/mol. The minimum atomic E-state index is -0.383. The number of nitrogens with zero attached hydrogens (tertiary/aromatic N) is 1. The van der Waals surface area contributed by atoms with E-state index in [0.717, 1.165) is 12.0 Å². The standard InChI is InChI=1S/C11H13NO3/c1-3-15-11(14)7-6-9-4-5-10(8-13)12(9)2/h4-8H,3H2,1-2H3. The smallest absolute Gasteiger partial charge is 0.330 e. The average molecular weight is 207 g/mol. The number of hydrogen-bond acceptors (Lipinski definition) is 3. The highest BCUT2D eigenvalue weighted by atomic mass is 16.5. The zero-order valence-electron chi connectivity index (χ0n) is 8.77. The second-order valence-electron chi connectivity index (χ2n) is 2.95. The molecule has 80 valence electrons. The summed E-state index contributed by atoms with van der Waals surface area (Å²) in [6, 6.07) is 3.46. The number of rotatable bonds is 4. The van der Waals surface area contributed by atoms with E-state index < -0.39 is 0 Å². The third-order valence-corrected chi connectivity index (χ3v) is 2.00. The molecule has 0 saturated heterocycles. The van der Waals surface area contributed by atoms with Gasteiger partial charge in [-0.05, 0) is 25.1 Å². The van der Waals surface area contributed by atoms with E-state index in [2.05, 4.69) is 0 Å². The van der Waals surface area contributed by atoms with Crippen LogP contribution in [0.5, 0.6) is 0 Å². The highest BCUT2D eigenvalue weighted by Crippen LogP contribution is 2.07. The molecule has 0 aliphatic rings. The summed E-state index contributed by atoms with van der Waals surface area (Å²) in [6.07, 6.45) is 3.72. The first-order valence-electron chi connectivity index (χ1n) is 4.64. The van der Waals surface area contributed by atoms with Crippen LogP contribution in [-0.2, 0) is 16.6 Å². The molecule has 0 atom stereocenters. The summed E-state index contributed by atoms with van der Waals surface area (Å²) in [5, 5.41) is 0. The van der Waals surface area contributed by atoms with Crippen LogP contribution in [0.4, 0.5) is 0 Å². The van der Waals surface area contributed by atoms with Crippen LogP contribution in [-0.4, -0.2) is 23.4 Å². The molecule has 4 heteroatoms. The number of aldehydes is 1. The molecule has 0 unspecified atom stereocenters. The molecule has 0 amide bonds. The highest BCUT2D eigenvalue weighted by Gasteiger charge is 2.01. The van der Waals surface area contributed by atoms with E-state index in [9.17, 15) is 9.59 Å². The fourth-order valence-electron chi connectivity index (χ4n) is 1.17. The van der Waals surface area contributed by atoms with Crippen LogP contribution in [0.1, 0.15) is 23.1 Å². The Bertz CT molecular complexity index is 391. The van der Waals surface area contributed by atoms with Gasteiger partial charge in [0.15, 0.2) is 6.29 Å². The van der Waals surface area contributed by atoms with Crippen LogP contribution in [0.2, 0.25) is 0 Å². The number of esters is 1. The van der Waals surface area contributed by atoms with Crippen LogP contribution >= 0.6 is 0 Å². The minimum absolute atomic E-state index is 0.357. The van der Waals surface area contributed by atoms with E-state index in [1.54, 1.807) is 36.7 Å². The van der Waals surface area contributed by atoms with Gasteiger partial charge in [-0.1, -0.05) is 0 Å². The van der Waals surface area contributed by atoms with Crippen molar-refractivity contribution < 1.29 is 14.3 Å². The Morgan fingerprint density at radius 3 is 2.67 bits per heavy atom. The molecule has 1 aromatic heterocycles. The molecule has 0 fully saturated rings. The predicted octanol–water partition coefficient (Wildman–Crippen LogP) is 1.41. The molecular formula is C11H13NO3. The molecule has 0 radical (unpaired) electrons.